The van der Waals surface area contributed by atoms with E-state index in [0.717, 1.165) is 5.56 Å². The number of non-ortho nitro benzene ring substituents is 1. The van der Waals surface area contributed by atoms with Crippen molar-refractivity contribution in [2.45, 2.75) is 6.10 Å². The minimum atomic E-state index is -0.570. The molecule has 1 fully saturated rings. The van der Waals surface area contributed by atoms with Crippen LogP contribution in [0.15, 0.2) is 54.6 Å². The lowest BCUT2D eigenvalue weighted by molar-refractivity contribution is -0.384. The van der Waals surface area contributed by atoms with Crippen LogP contribution >= 0.6 is 0 Å². The van der Waals surface area contributed by atoms with Crippen LogP contribution in [-0.2, 0) is 9.53 Å². The molecule has 0 radical (unpaired) electrons. The number of benzene rings is 2. The van der Waals surface area contributed by atoms with Gasteiger partial charge in [-0.3, -0.25) is 19.7 Å². The molecule has 1 saturated heterocycles. The zero-order chi connectivity index (χ0) is 19.2. The van der Waals surface area contributed by atoms with Gasteiger partial charge in [0.05, 0.1) is 24.6 Å². The minimum absolute atomic E-state index is 0.140. The fourth-order valence-electron chi connectivity index (χ4n) is 2.88. The van der Waals surface area contributed by atoms with Crippen molar-refractivity contribution in [2.24, 2.45) is 0 Å². The summed E-state index contributed by atoms with van der Waals surface area (Å²) in [6, 6.07) is 15.0. The van der Waals surface area contributed by atoms with Crippen molar-refractivity contribution in [2.75, 3.05) is 26.2 Å². The van der Waals surface area contributed by atoms with E-state index in [2.05, 4.69) is 5.32 Å². The first-order valence-corrected chi connectivity index (χ1v) is 8.51. The van der Waals surface area contributed by atoms with Gasteiger partial charge in [0.2, 0.25) is 5.91 Å². The summed E-state index contributed by atoms with van der Waals surface area (Å²) in [7, 11) is 0. The Morgan fingerprint density at radius 2 is 1.96 bits per heavy atom. The van der Waals surface area contributed by atoms with Gasteiger partial charge < -0.3 is 15.0 Å². The summed E-state index contributed by atoms with van der Waals surface area (Å²) in [5.41, 5.74) is 0.963. The Bertz CT molecular complexity index is 840. The molecule has 2 aromatic rings. The highest BCUT2D eigenvalue weighted by Crippen LogP contribution is 2.21. The smallest absolute Gasteiger partial charge is 0.270 e. The van der Waals surface area contributed by atoms with Crippen LogP contribution < -0.4 is 5.32 Å². The molecule has 3 rings (SSSR count). The fraction of sp³-hybridized carbons (Fsp3) is 0.263. The van der Waals surface area contributed by atoms with Gasteiger partial charge in [0.15, 0.2) is 0 Å². The van der Waals surface area contributed by atoms with Crippen molar-refractivity contribution in [1.82, 2.24) is 10.2 Å². The van der Waals surface area contributed by atoms with E-state index >= 15 is 0 Å². The lowest BCUT2D eigenvalue weighted by atomic mass is 10.1. The number of morpholine rings is 1. The van der Waals surface area contributed by atoms with E-state index in [1.54, 1.807) is 4.90 Å². The number of nitro groups is 1. The zero-order valence-electron chi connectivity index (χ0n) is 14.5. The van der Waals surface area contributed by atoms with Crippen LogP contribution in [0.1, 0.15) is 22.0 Å². The van der Waals surface area contributed by atoms with Crippen molar-refractivity contribution in [1.29, 1.82) is 0 Å². The molecule has 1 atom stereocenters. The first-order valence-electron chi connectivity index (χ1n) is 8.51. The molecular weight excluding hydrogens is 350 g/mol. The van der Waals surface area contributed by atoms with Crippen LogP contribution in [0.4, 0.5) is 5.69 Å². The Morgan fingerprint density at radius 3 is 2.70 bits per heavy atom. The molecule has 27 heavy (non-hydrogen) atoms. The van der Waals surface area contributed by atoms with E-state index in [4.69, 9.17) is 4.74 Å². The molecule has 8 heteroatoms. The van der Waals surface area contributed by atoms with Gasteiger partial charge in [-0.05, 0) is 11.6 Å². The lowest BCUT2D eigenvalue weighted by Gasteiger charge is -2.33. The second kappa shape index (κ2) is 8.41. The fourth-order valence-corrected chi connectivity index (χ4v) is 2.88. The molecular formula is C19H19N3O5. The molecule has 1 N–H and O–H groups in total. The molecule has 0 bridgehead atoms. The Kier molecular flexibility index (Phi) is 5.77. The van der Waals surface area contributed by atoms with E-state index in [-0.39, 0.29) is 29.8 Å². The number of hydrogen-bond donors (Lipinski definition) is 1. The Balaban J connectivity index is 1.56. The van der Waals surface area contributed by atoms with Gasteiger partial charge in [-0.25, -0.2) is 0 Å². The highest BCUT2D eigenvalue weighted by Gasteiger charge is 2.25. The highest BCUT2D eigenvalue weighted by molar-refractivity contribution is 5.96. The van der Waals surface area contributed by atoms with Gasteiger partial charge in [-0.2, -0.15) is 0 Å². The highest BCUT2D eigenvalue weighted by atomic mass is 16.6. The molecule has 0 saturated carbocycles. The summed E-state index contributed by atoms with van der Waals surface area (Å²) >= 11 is 0. The summed E-state index contributed by atoms with van der Waals surface area (Å²) in [4.78, 5) is 36.5. The third kappa shape index (κ3) is 4.68. The number of hydrogen-bond acceptors (Lipinski definition) is 5. The lowest BCUT2D eigenvalue weighted by Crippen LogP contribution is -2.46. The summed E-state index contributed by atoms with van der Waals surface area (Å²) in [5.74, 6) is -0.752. The van der Waals surface area contributed by atoms with Crippen LogP contribution in [0.25, 0.3) is 0 Å². The molecule has 140 valence electrons. The van der Waals surface area contributed by atoms with E-state index in [0.29, 0.717) is 19.7 Å². The summed E-state index contributed by atoms with van der Waals surface area (Å²) in [6.07, 6.45) is -0.198. The number of amides is 2. The molecule has 8 nitrogen and oxygen atoms in total. The first kappa shape index (κ1) is 18.5. The molecule has 0 aromatic heterocycles. The SMILES string of the molecule is O=C(NCC(=O)N1CCO[C@@H](c2ccccc2)C1)c1cccc([N+](=O)[O-])c1. The quantitative estimate of drug-likeness (QED) is 0.641. The number of nitrogens with zero attached hydrogens (tertiary/aromatic N) is 2. The third-order valence-corrected chi connectivity index (χ3v) is 4.31. The second-order valence-electron chi connectivity index (χ2n) is 6.10. The number of nitrogens with one attached hydrogen (secondary N) is 1. The van der Waals surface area contributed by atoms with Gasteiger partial charge in [-0.1, -0.05) is 36.4 Å². The van der Waals surface area contributed by atoms with Crippen molar-refractivity contribution >= 4 is 17.5 Å². The van der Waals surface area contributed by atoms with Crippen LogP contribution in [-0.4, -0.2) is 47.9 Å². The van der Waals surface area contributed by atoms with Crippen molar-refractivity contribution in [3.8, 4) is 0 Å². The van der Waals surface area contributed by atoms with Crippen LogP contribution in [0.5, 0.6) is 0 Å². The van der Waals surface area contributed by atoms with Crippen molar-refractivity contribution < 1.29 is 19.2 Å². The van der Waals surface area contributed by atoms with Crippen LogP contribution in [0.2, 0.25) is 0 Å². The van der Waals surface area contributed by atoms with Crippen molar-refractivity contribution in [3.05, 3.63) is 75.8 Å². The summed E-state index contributed by atoms with van der Waals surface area (Å²) in [6.45, 7) is 1.11. The van der Waals surface area contributed by atoms with Gasteiger partial charge in [0.1, 0.15) is 6.10 Å². The van der Waals surface area contributed by atoms with E-state index in [1.807, 2.05) is 30.3 Å². The first-order chi connectivity index (χ1) is 13.0. The Morgan fingerprint density at radius 1 is 1.19 bits per heavy atom. The Hall–Kier alpha value is -3.26. The van der Waals surface area contributed by atoms with Gasteiger partial charge in [0.25, 0.3) is 11.6 Å². The number of rotatable bonds is 5. The zero-order valence-corrected chi connectivity index (χ0v) is 14.5. The van der Waals surface area contributed by atoms with E-state index in [9.17, 15) is 19.7 Å². The monoisotopic (exact) mass is 369 g/mol. The third-order valence-electron chi connectivity index (χ3n) is 4.31. The topological polar surface area (TPSA) is 102 Å². The van der Waals surface area contributed by atoms with Crippen LogP contribution in [0, 0.1) is 10.1 Å². The normalized spacial score (nSPS) is 16.6. The summed E-state index contributed by atoms with van der Waals surface area (Å²) in [5, 5.41) is 13.3. The average Bonchev–Trinajstić information content (AvgIpc) is 2.72. The largest absolute Gasteiger partial charge is 0.370 e. The maximum absolute atomic E-state index is 12.4. The van der Waals surface area contributed by atoms with Gasteiger partial charge >= 0.3 is 0 Å². The number of carbonyl (C=O) groups excluding carboxylic acids is 2. The number of ether oxygens (including phenoxy) is 1. The molecule has 1 heterocycles. The maximum atomic E-state index is 12.4. The number of carbonyl (C=O) groups is 2. The van der Waals surface area contributed by atoms with E-state index < -0.39 is 10.8 Å². The Labute approximate surface area is 155 Å². The van der Waals surface area contributed by atoms with Crippen molar-refractivity contribution in [3.63, 3.8) is 0 Å². The molecule has 1 aliphatic heterocycles. The van der Waals surface area contributed by atoms with Crippen LogP contribution in [0.3, 0.4) is 0 Å². The maximum Gasteiger partial charge on any atom is 0.270 e. The van der Waals surface area contributed by atoms with E-state index in [1.165, 1.54) is 24.3 Å². The standard InChI is InChI=1S/C19H19N3O5/c23-18(12-20-19(24)15-7-4-8-16(11-15)22(25)26)21-9-10-27-17(13-21)14-5-2-1-3-6-14/h1-8,11,17H,9-10,12-13H2,(H,20,24)/t17-/m1/s1. The number of nitro benzene ring substituents is 1. The van der Waals surface area contributed by atoms with Gasteiger partial charge in [0, 0.05) is 24.2 Å². The molecule has 1 aliphatic rings. The predicted octanol–water partition coefficient (Wildman–Crippen LogP) is 1.92. The predicted molar refractivity (Wildman–Crippen MR) is 97.1 cm³/mol. The molecule has 2 amide bonds. The summed E-state index contributed by atoms with van der Waals surface area (Å²) < 4.78 is 5.73. The minimum Gasteiger partial charge on any atom is -0.370 e. The molecule has 2 aromatic carbocycles. The van der Waals surface area contributed by atoms with Gasteiger partial charge in [-0.15, -0.1) is 0 Å². The molecule has 0 unspecified atom stereocenters. The molecule has 0 aliphatic carbocycles. The molecule has 0 spiro atoms. The second-order valence-corrected chi connectivity index (χ2v) is 6.10. The average molecular weight is 369 g/mol.